The molecule has 0 aliphatic carbocycles. The molecule has 0 spiro atoms. The summed E-state index contributed by atoms with van der Waals surface area (Å²) in [4.78, 5) is 22.7. The van der Waals surface area contributed by atoms with Crippen molar-refractivity contribution in [2.45, 2.75) is 32.6 Å². The molecule has 1 aromatic carbocycles. The molecule has 0 aliphatic rings. The highest BCUT2D eigenvalue weighted by molar-refractivity contribution is 5.78. The van der Waals surface area contributed by atoms with Crippen molar-refractivity contribution in [1.29, 1.82) is 0 Å². The van der Waals surface area contributed by atoms with Crippen LogP contribution in [0, 0.1) is 5.92 Å². The molecule has 1 aromatic rings. The van der Waals surface area contributed by atoms with Crippen LogP contribution in [0.1, 0.15) is 32.6 Å². The normalized spacial score (nSPS) is 11.6. The molecule has 2 amide bonds. The van der Waals surface area contributed by atoms with Gasteiger partial charge in [-0.1, -0.05) is 44.4 Å². The zero-order valence-electron chi connectivity index (χ0n) is 14.1. The second-order valence-corrected chi connectivity index (χ2v) is 5.50. The van der Waals surface area contributed by atoms with Gasteiger partial charge in [-0.3, -0.25) is 20.2 Å². The van der Waals surface area contributed by atoms with Gasteiger partial charge in [0.15, 0.2) is 0 Å². The monoisotopic (exact) mass is 337 g/mol. The number of ether oxygens (including phenoxy) is 1. The zero-order valence-corrected chi connectivity index (χ0v) is 14.1. The molecule has 0 unspecified atom stereocenters. The summed E-state index contributed by atoms with van der Waals surface area (Å²) < 4.78 is 5.50. The molecular weight excluding hydrogens is 310 g/mol. The van der Waals surface area contributed by atoms with Crippen LogP contribution in [0.3, 0.4) is 0 Å². The fraction of sp³-hybridized carbons (Fsp3) is 0.529. The van der Waals surface area contributed by atoms with Crippen LogP contribution >= 0.6 is 0 Å². The molecule has 0 heterocycles. The molecule has 7 nitrogen and oxygen atoms in total. The predicted molar refractivity (Wildman–Crippen MR) is 90.3 cm³/mol. The minimum Gasteiger partial charge on any atom is -0.492 e. The summed E-state index contributed by atoms with van der Waals surface area (Å²) in [6.45, 7) is 2.92. The predicted octanol–water partition coefficient (Wildman–Crippen LogP) is 1.73. The Kier molecular flexibility index (Phi) is 10.2. The zero-order chi connectivity index (χ0) is 17.6. The number of hydrazine groups is 1. The Balaban J connectivity index is 2.28. The largest absolute Gasteiger partial charge is 0.492 e. The average Bonchev–Trinajstić information content (AvgIpc) is 2.61. The highest BCUT2D eigenvalue weighted by atomic mass is 16.5. The topological polar surface area (TPSA) is 90.9 Å². The summed E-state index contributed by atoms with van der Waals surface area (Å²) in [6, 6.07) is 9.40. The van der Waals surface area contributed by atoms with Gasteiger partial charge in [0, 0.05) is 6.54 Å². The number of carbonyl (C=O) groups is 2. The molecule has 0 fully saturated rings. The molecule has 24 heavy (non-hydrogen) atoms. The van der Waals surface area contributed by atoms with E-state index in [9.17, 15) is 14.8 Å². The SMILES string of the molecule is CCCCC[C@@H](CN(O)C=O)C(=O)NNCCOc1ccccc1. The molecule has 134 valence electrons. The number of nitrogens with one attached hydrogen (secondary N) is 2. The molecule has 3 N–H and O–H groups in total. The Bertz CT molecular complexity index is 470. The van der Waals surface area contributed by atoms with Gasteiger partial charge >= 0.3 is 0 Å². The van der Waals surface area contributed by atoms with Gasteiger partial charge in [0.1, 0.15) is 12.4 Å². The molecule has 0 radical (unpaired) electrons. The summed E-state index contributed by atoms with van der Waals surface area (Å²) >= 11 is 0. The van der Waals surface area contributed by atoms with Crippen molar-refractivity contribution in [3.63, 3.8) is 0 Å². The van der Waals surface area contributed by atoms with Crippen molar-refractivity contribution in [2.24, 2.45) is 5.92 Å². The molecule has 0 saturated carbocycles. The summed E-state index contributed by atoms with van der Waals surface area (Å²) in [7, 11) is 0. The van der Waals surface area contributed by atoms with E-state index >= 15 is 0 Å². The first kappa shape index (κ1) is 19.9. The number of nitrogens with zero attached hydrogens (tertiary/aromatic N) is 1. The van der Waals surface area contributed by atoms with Crippen LogP contribution in [0.25, 0.3) is 0 Å². The lowest BCUT2D eigenvalue weighted by Crippen LogP contribution is -2.45. The standard InChI is InChI=1S/C17H27N3O4/c1-2-3-5-8-15(13-20(23)14-21)17(22)19-18-11-12-24-16-9-6-4-7-10-16/h4,6-7,9-10,14-15,18,23H,2-3,5,8,11-13H2,1H3,(H,19,22)/t15-/m0/s1. The van der Waals surface area contributed by atoms with Gasteiger partial charge < -0.3 is 4.74 Å². The number of carbonyl (C=O) groups excluding carboxylic acids is 2. The third kappa shape index (κ3) is 8.50. The Labute approximate surface area is 142 Å². The number of para-hydroxylation sites is 1. The fourth-order valence-electron chi connectivity index (χ4n) is 2.20. The molecule has 7 heteroatoms. The van der Waals surface area contributed by atoms with Crippen LogP contribution in [0.4, 0.5) is 0 Å². The van der Waals surface area contributed by atoms with Gasteiger partial charge in [-0.25, -0.2) is 10.5 Å². The van der Waals surface area contributed by atoms with Crippen LogP contribution in [0.5, 0.6) is 5.75 Å². The van der Waals surface area contributed by atoms with Crippen molar-refractivity contribution in [1.82, 2.24) is 15.9 Å². The maximum Gasteiger partial charge on any atom is 0.239 e. The molecule has 0 saturated heterocycles. The first-order valence-electron chi connectivity index (χ1n) is 8.28. The van der Waals surface area contributed by atoms with Crippen LogP contribution in [0.15, 0.2) is 30.3 Å². The molecule has 0 aliphatic heterocycles. The number of unbranched alkanes of at least 4 members (excludes halogenated alkanes) is 2. The van der Waals surface area contributed by atoms with E-state index in [1.165, 1.54) is 0 Å². The van der Waals surface area contributed by atoms with Crippen molar-refractivity contribution in [3.8, 4) is 5.75 Å². The van der Waals surface area contributed by atoms with Crippen LogP contribution in [-0.4, -0.2) is 42.3 Å². The number of amides is 2. The smallest absolute Gasteiger partial charge is 0.239 e. The number of hydroxylamine groups is 2. The van der Waals surface area contributed by atoms with Crippen LogP contribution in [0.2, 0.25) is 0 Å². The lowest BCUT2D eigenvalue weighted by atomic mass is 10.0. The van der Waals surface area contributed by atoms with Crippen molar-refractivity contribution in [3.05, 3.63) is 30.3 Å². The first-order valence-corrected chi connectivity index (χ1v) is 8.28. The number of benzene rings is 1. The second kappa shape index (κ2) is 12.3. The van der Waals surface area contributed by atoms with Gasteiger partial charge in [0.2, 0.25) is 12.3 Å². The second-order valence-electron chi connectivity index (χ2n) is 5.50. The van der Waals surface area contributed by atoms with E-state index in [2.05, 4.69) is 17.8 Å². The molecule has 1 rings (SSSR count). The Morgan fingerprint density at radius 3 is 2.75 bits per heavy atom. The molecular formula is C17H27N3O4. The maximum atomic E-state index is 12.2. The van der Waals surface area contributed by atoms with E-state index in [0.717, 1.165) is 25.0 Å². The minimum absolute atomic E-state index is 0.0127. The van der Waals surface area contributed by atoms with Crippen molar-refractivity contribution >= 4 is 12.3 Å². The van der Waals surface area contributed by atoms with Crippen LogP contribution in [-0.2, 0) is 9.59 Å². The summed E-state index contributed by atoms with van der Waals surface area (Å²) in [5, 5.41) is 9.82. The minimum atomic E-state index is -0.450. The highest BCUT2D eigenvalue weighted by Gasteiger charge is 2.20. The molecule has 0 bridgehead atoms. The number of rotatable bonds is 13. The summed E-state index contributed by atoms with van der Waals surface area (Å²) in [5.74, 6) is 0.0750. The van der Waals surface area contributed by atoms with Crippen LogP contribution < -0.4 is 15.6 Å². The fourth-order valence-corrected chi connectivity index (χ4v) is 2.20. The van der Waals surface area contributed by atoms with Gasteiger partial charge in [-0.2, -0.15) is 0 Å². The third-order valence-electron chi connectivity index (χ3n) is 3.51. The van der Waals surface area contributed by atoms with E-state index in [4.69, 9.17) is 4.74 Å². The first-order chi connectivity index (χ1) is 11.7. The van der Waals surface area contributed by atoms with Gasteiger partial charge in [0.05, 0.1) is 12.5 Å². The van der Waals surface area contributed by atoms with E-state index < -0.39 is 5.92 Å². The van der Waals surface area contributed by atoms with Gasteiger partial charge in [-0.05, 0) is 18.6 Å². The van der Waals surface area contributed by atoms with Gasteiger partial charge in [-0.15, -0.1) is 0 Å². The Morgan fingerprint density at radius 2 is 2.08 bits per heavy atom. The maximum absolute atomic E-state index is 12.2. The average molecular weight is 337 g/mol. The lowest BCUT2D eigenvalue weighted by Gasteiger charge is -2.19. The number of hydrogen-bond donors (Lipinski definition) is 3. The quantitative estimate of drug-likeness (QED) is 0.221. The molecule has 1 atom stereocenters. The van der Waals surface area contributed by atoms with E-state index in [1.807, 2.05) is 30.3 Å². The van der Waals surface area contributed by atoms with Gasteiger partial charge in [0.25, 0.3) is 0 Å². The Morgan fingerprint density at radius 1 is 1.33 bits per heavy atom. The summed E-state index contributed by atoms with van der Waals surface area (Å²) in [5.41, 5.74) is 5.41. The highest BCUT2D eigenvalue weighted by Crippen LogP contribution is 2.11. The van der Waals surface area contributed by atoms with Crippen molar-refractivity contribution < 1.29 is 19.5 Å². The number of hydrogen-bond acceptors (Lipinski definition) is 5. The summed E-state index contributed by atoms with van der Waals surface area (Å²) in [6.07, 6.45) is 3.85. The van der Waals surface area contributed by atoms with E-state index in [0.29, 0.717) is 31.0 Å². The Hall–Kier alpha value is -2.12. The van der Waals surface area contributed by atoms with E-state index in [-0.39, 0.29) is 12.5 Å². The third-order valence-corrected chi connectivity index (χ3v) is 3.51. The molecule has 0 aromatic heterocycles. The van der Waals surface area contributed by atoms with Crippen molar-refractivity contribution in [2.75, 3.05) is 19.7 Å². The lowest BCUT2D eigenvalue weighted by molar-refractivity contribution is -0.154. The van der Waals surface area contributed by atoms with E-state index in [1.54, 1.807) is 0 Å².